The number of rotatable bonds is 3. The molecule has 176 valence electrons. The van der Waals surface area contributed by atoms with Crippen LogP contribution in [0.25, 0.3) is 0 Å². The third-order valence-corrected chi connectivity index (χ3v) is 6.01. The van der Waals surface area contributed by atoms with Crippen LogP contribution in [0.1, 0.15) is 52.0 Å². The van der Waals surface area contributed by atoms with Gasteiger partial charge in [0.25, 0.3) is 0 Å². The average molecular weight is 447 g/mol. The van der Waals surface area contributed by atoms with Crippen LogP contribution in [0.15, 0.2) is 24.3 Å². The largest absolute Gasteiger partial charge is 0.504 e. The normalized spacial score (nSPS) is 26.3. The zero-order valence-corrected chi connectivity index (χ0v) is 19.4. The summed E-state index contributed by atoms with van der Waals surface area (Å²) in [6.45, 7) is 11.6. The fraction of sp³-hybridized carbons (Fsp3) is 0.625. The van der Waals surface area contributed by atoms with Crippen molar-refractivity contribution in [2.24, 2.45) is 0 Å². The molecule has 1 N–H and O–H groups in total. The number of carbonyl (C=O) groups excluding carboxylic acids is 1. The molecule has 0 spiro atoms. The highest BCUT2D eigenvalue weighted by Gasteiger charge is 2.46. The van der Waals surface area contributed by atoms with E-state index in [4.69, 9.17) is 18.9 Å². The van der Waals surface area contributed by atoms with Crippen LogP contribution in [0.3, 0.4) is 0 Å². The lowest BCUT2D eigenvalue weighted by Crippen LogP contribution is -2.54. The van der Waals surface area contributed by atoms with Gasteiger partial charge in [-0.2, -0.15) is 0 Å². The van der Waals surface area contributed by atoms with Crippen LogP contribution < -0.4 is 9.64 Å². The highest BCUT2D eigenvalue weighted by atomic mass is 16.7. The monoisotopic (exact) mass is 446 g/mol. The number of fused-ring (bicyclic) bond motifs is 2. The quantitative estimate of drug-likeness (QED) is 0.699. The zero-order chi connectivity index (χ0) is 23.0. The molecule has 3 aliphatic heterocycles. The van der Waals surface area contributed by atoms with Crippen molar-refractivity contribution in [2.45, 2.75) is 77.2 Å². The first-order valence-corrected chi connectivity index (χ1v) is 11.3. The number of amides is 1. The summed E-state index contributed by atoms with van der Waals surface area (Å²) in [5, 5.41) is 10.5. The molecule has 0 aliphatic carbocycles. The number of carbonyl (C=O) groups is 1. The van der Waals surface area contributed by atoms with Crippen LogP contribution in [0, 0.1) is 0 Å². The molecule has 3 aliphatic rings. The van der Waals surface area contributed by atoms with Crippen LogP contribution in [0.5, 0.6) is 11.5 Å². The number of nitrogens with zero attached hydrogens (tertiary/aromatic N) is 2. The Bertz CT molecular complexity index is 874. The molecule has 4 rings (SSSR count). The van der Waals surface area contributed by atoms with Crippen LogP contribution in [0.4, 0.5) is 10.5 Å². The third kappa shape index (κ3) is 4.72. The van der Waals surface area contributed by atoms with Crippen molar-refractivity contribution in [3.63, 3.8) is 0 Å². The van der Waals surface area contributed by atoms with Crippen molar-refractivity contribution in [3.8, 4) is 11.5 Å². The van der Waals surface area contributed by atoms with Gasteiger partial charge in [-0.15, -0.1) is 0 Å². The Labute approximate surface area is 189 Å². The molecule has 8 heteroatoms. The molecule has 2 saturated heterocycles. The number of hydrogen-bond acceptors (Lipinski definition) is 7. The predicted octanol–water partition coefficient (Wildman–Crippen LogP) is 4.16. The summed E-state index contributed by atoms with van der Waals surface area (Å²) in [4.78, 5) is 17.3. The second-order valence-electron chi connectivity index (χ2n) is 9.75. The average Bonchev–Trinajstić information content (AvgIpc) is 3.03. The first-order valence-electron chi connectivity index (χ1n) is 11.3. The minimum atomic E-state index is -0.692. The molecule has 3 atom stereocenters. The van der Waals surface area contributed by atoms with E-state index in [1.165, 1.54) is 7.11 Å². The molecule has 2 fully saturated rings. The molecule has 0 bridgehead atoms. The van der Waals surface area contributed by atoms with Gasteiger partial charge in [0.1, 0.15) is 5.60 Å². The Morgan fingerprint density at radius 3 is 2.69 bits per heavy atom. The Balaban J connectivity index is 1.81. The summed E-state index contributed by atoms with van der Waals surface area (Å²) in [6, 6.07) is 3.23. The highest BCUT2D eigenvalue weighted by molar-refractivity contribution is 5.90. The van der Waals surface area contributed by atoms with E-state index in [-0.39, 0.29) is 11.8 Å². The van der Waals surface area contributed by atoms with E-state index in [1.54, 1.807) is 17.0 Å². The lowest BCUT2D eigenvalue weighted by molar-refractivity contribution is -0.197. The van der Waals surface area contributed by atoms with Crippen molar-refractivity contribution in [1.29, 1.82) is 0 Å². The fourth-order valence-corrected chi connectivity index (χ4v) is 4.63. The molecule has 1 unspecified atom stereocenters. The van der Waals surface area contributed by atoms with Crippen molar-refractivity contribution in [1.82, 2.24) is 4.90 Å². The Morgan fingerprint density at radius 1 is 1.25 bits per heavy atom. The van der Waals surface area contributed by atoms with Gasteiger partial charge in [-0.05, 0) is 58.1 Å². The molecule has 3 heterocycles. The van der Waals surface area contributed by atoms with Gasteiger partial charge in [0.05, 0.1) is 18.8 Å². The van der Waals surface area contributed by atoms with Gasteiger partial charge < -0.3 is 24.1 Å². The molecule has 1 amide bonds. The Morgan fingerprint density at radius 2 is 2.03 bits per heavy atom. The number of aromatic hydroxyl groups is 1. The fourth-order valence-electron chi connectivity index (χ4n) is 4.63. The maximum atomic E-state index is 13.5. The van der Waals surface area contributed by atoms with Crippen molar-refractivity contribution < 1.29 is 28.8 Å². The van der Waals surface area contributed by atoms with Crippen molar-refractivity contribution in [2.75, 3.05) is 25.2 Å². The molecule has 32 heavy (non-hydrogen) atoms. The number of phenols is 1. The van der Waals surface area contributed by atoms with Gasteiger partial charge in [-0.1, -0.05) is 12.2 Å². The van der Waals surface area contributed by atoms with Gasteiger partial charge in [0.2, 0.25) is 0 Å². The summed E-state index contributed by atoms with van der Waals surface area (Å²) in [5.74, 6) is 0.316. The summed E-state index contributed by atoms with van der Waals surface area (Å²) >= 11 is 0. The molecule has 0 aromatic heterocycles. The maximum Gasteiger partial charge on any atom is 0.417 e. The van der Waals surface area contributed by atoms with Gasteiger partial charge in [0, 0.05) is 25.8 Å². The molecule has 8 nitrogen and oxygen atoms in total. The number of hydrogen-bond donors (Lipinski definition) is 1. The second kappa shape index (κ2) is 8.92. The molecular weight excluding hydrogens is 412 g/mol. The minimum absolute atomic E-state index is 0.0426. The van der Waals surface area contributed by atoms with E-state index >= 15 is 0 Å². The molecular formula is C24H34N2O6. The van der Waals surface area contributed by atoms with Gasteiger partial charge >= 0.3 is 6.09 Å². The Kier molecular flexibility index (Phi) is 6.38. The first kappa shape index (κ1) is 22.9. The summed E-state index contributed by atoms with van der Waals surface area (Å²) < 4.78 is 23.5. The lowest BCUT2D eigenvalue weighted by atomic mass is 10.1. The van der Waals surface area contributed by atoms with Crippen molar-refractivity contribution in [3.05, 3.63) is 29.8 Å². The Hall–Kier alpha value is -2.29. The first-order chi connectivity index (χ1) is 15.2. The van der Waals surface area contributed by atoms with Gasteiger partial charge in [-0.25, -0.2) is 9.69 Å². The van der Waals surface area contributed by atoms with Gasteiger partial charge in [-0.3, -0.25) is 4.90 Å². The van der Waals surface area contributed by atoms with E-state index in [0.717, 1.165) is 30.4 Å². The molecule has 0 radical (unpaired) electrons. The number of ether oxygens (including phenoxy) is 4. The van der Waals surface area contributed by atoms with E-state index in [2.05, 4.69) is 11.5 Å². The smallest absolute Gasteiger partial charge is 0.417 e. The van der Waals surface area contributed by atoms with Crippen LogP contribution in [-0.4, -0.2) is 60.5 Å². The summed E-state index contributed by atoms with van der Waals surface area (Å²) in [5.41, 5.74) is 1.80. The number of anilines is 1. The zero-order valence-electron chi connectivity index (χ0n) is 19.4. The number of benzene rings is 1. The number of methoxy groups -OCH3 is 1. The molecule has 1 aromatic carbocycles. The maximum absolute atomic E-state index is 13.5. The van der Waals surface area contributed by atoms with Crippen LogP contribution in [0.2, 0.25) is 0 Å². The second-order valence-corrected chi connectivity index (χ2v) is 9.75. The highest BCUT2D eigenvalue weighted by Crippen LogP contribution is 2.42. The van der Waals surface area contributed by atoms with Crippen LogP contribution in [-0.2, 0) is 20.8 Å². The van der Waals surface area contributed by atoms with E-state index < -0.39 is 24.2 Å². The van der Waals surface area contributed by atoms with E-state index in [1.807, 2.05) is 20.8 Å². The third-order valence-electron chi connectivity index (χ3n) is 6.01. The topological polar surface area (TPSA) is 80.7 Å². The van der Waals surface area contributed by atoms with E-state index in [9.17, 15) is 9.90 Å². The summed E-state index contributed by atoms with van der Waals surface area (Å²) in [6.07, 6.45) is 1.91. The number of phenolic OH excluding ortho intramolecular Hbond substituents is 1. The minimum Gasteiger partial charge on any atom is -0.504 e. The van der Waals surface area contributed by atoms with Gasteiger partial charge in [0.15, 0.2) is 24.0 Å². The summed E-state index contributed by atoms with van der Waals surface area (Å²) in [7, 11) is 1.51. The van der Waals surface area contributed by atoms with E-state index in [0.29, 0.717) is 37.6 Å². The predicted molar refractivity (Wildman–Crippen MR) is 120 cm³/mol. The standard InChI is InChI=1S/C24H34N2O6/c1-15-10-18-22(31-21-8-6-7-9-30-21)26(23(28)32-24(2,3)4)17-12-19(27)20(29-5)11-16(17)14-25(18)13-15/h11-12,18,21-22,27H,1,6-10,13-14H2,2-5H3/t18-,21?,22-/m0/s1. The SMILES string of the molecule is C=C1C[C@H]2[C@H](OC3CCCCO3)N(C(=O)OC(C)(C)C)c3cc(O)c(OC)cc3CN2C1. The van der Waals surface area contributed by atoms with Crippen LogP contribution >= 0.6 is 0 Å². The van der Waals surface area contributed by atoms with Crippen molar-refractivity contribution >= 4 is 11.8 Å². The lowest BCUT2D eigenvalue weighted by Gasteiger charge is -2.39. The molecule has 0 saturated carbocycles. The molecule has 1 aromatic rings.